The third-order valence-corrected chi connectivity index (χ3v) is 5.27. The maximum atomic E-state index is 12.8. The molecule has 2 aromatic carbocycles. The minimum Gasteiger partial charge on any atom is -0.504 e. The number of fused-ring (bicyclic) bond motifs is 1. The summed E-state index contributed by atoms with van der Waals surface area (Å²) in [5, 5.41) is 20.0. The summed E-state index contributed by atoms with van der Waals surface area (Å²) < 4.78 is 1.69. The van der Waals surface area contributed by atoms with Gasteiger partial charge in [0, 0.05) is 11.6 Å². The maximum absolute atomic E-state index is 12.8. The van der Waals surface area contributed by atoms with Crippen LogP contribution < -0.4 is 5.56 Å². The summed E-state index contributed by atoms with van der Waals surface area (Å²) in [5.74, 6) is -0.732. The number of nitrogens with zero attached hydrogens (tertiary/aromatic N) is 2. The minimum absolute atomic E-state index is 0.0738. The Morgan fingerprint density at radius 2 is 1.92 bits per heavy atom. The standard InChI is InChI=1S/C19H16N2O4S/c22-15-8-5-11(9-16(15)23)17(24)10-26-19-20-14-4-2-1-3-13(14)18(25)21(19)12-6-7-12/h1-5,8-9,12,22-23H,6-7,10H2. The molecule has 4 rings (SSSR count). The van der Waals surface area contributed by atoms with Gasteiger partial charge in [-0.05, 0) is 43.2 Å². The summed E-state index contributed by atoms with van der Waals surface area (Å²) in [6, 6.07) is 11.3. The van der Waals surface area contributed by atoms with E-state index in [1.165, 1.54) is 30.0 Å². The summed E-state index contributed by atoms with van der Waals surface area (Å²) in [6.07, 6.45) is 1.88. The minimum atomic E-state index is -0.334. The molecule has 1 aliphatic carbocycles. The van der Waals surface area contributed by atoms with Crippen molar-refractivity contribution >= 4 is 28.4 Å². The van der Waals surface area contributed by atoms with Gasteiger partial charge in [-0.25, -0.2) is 4.98 Å². The van der Waals surface area contributed by atoms with Crippen molar-refractivity contribution in [2.24, 2.45) is 0 Å². The van der Waals surface area contributed by atoms with E-state index in [9.17, 15) is 19.8 Å². The summed E-state index contributed by atoms with van der Waals surface area (Å²) in [7, 11) is 0. The summed E-state index contributed by atoms with van der Waals surface area (Å²) in [4.78, 5) is 29.8. The van der Waals surface area contributed by atoms with E-state index in [-0.39, 0.29) is 34.6 Å². The molecule has 0 bridgehead atoms. The number of carbonyl (C=O) groups excluding carboxylic acids is 1. The first kappa shape index (κ1) is 16.7. The van der Waals surface area contributed by atoms with Crippen molar-refractivity contribution in [2.75, 3.05) is 5.75 Å². The predicted molar refractivity (Wildman–Crippen MR) is 99.1 cm³/mol. The molecule has 1 aliphatic rings. The average Bonchev–Trinajstić information content (AvgIpc) is 3.47. The van der Waals surface area contributed by atoms with E-state index in [2.05, 4.69) is 4.98 Å². The second kappa shape index (κ2) is 6.49. The molecule has 0 aliphatic heterocycles. The molecule has 0 saturated heterocycles. The molecule has 7 heteroatoms. The van der Waals surface area contributed by atoms with Crippen LogP contribution in [0.25, 0.3) is 10.9 Å². The lowest BCUT2D eigenvalue weighted by Crippen LogP contribution is -2.22. The van der Waals surface area contributed by atoms with Gasteiger partial charge in [0.05, 0.1) is 16.7 Å². The number of ketones is 1. The molecule has 132 valence electrons. The van der Waals surface area contributed by atoms with Crippen LogP contribution in [-0.2, 0) is 0 Å². The van der Waals surface area contributed by atoms with Crippen LogP contribution in [0.1, 0.15) is 29.2 Å². The molecule has 0 unspecified atom stereocenters. The van der Waals surface area contributed by atoms with Gasteiger partial charge in [-0.1, -0.05) is 23.9 Å². The van der Waals surface area contributed by atoms with Crippen molar-refractivity contribution in [3.63, 3.8) is 0 Å². The third kappa shape index (κ3) is 3.06. The second-order valence-corrected chi connectivity index (χ2v) is 7.18. The van der Waals surface area contributed by atoms with Gasteiger partial charge >= 0.3 is 0 Å². The number of phenolic OH excluding ortho intramolecular Hbond substituents is 2. The largest absolute Gasteiger partial charge is 0.504 e. The van der Waals surface area contributed by atoms with Crippen molar-refractivity contribution in [1.29, 1.82) is 0 Å². The van der Waals surface area contributed by atoms with Gasteiger partial charge in [-0.3, -0.25) is 14.2 Å². The number of para-hydroxylation sites is 1. The highest BCUT2D eigenvalue weighted by Crippen LogP contribution is 2.37. The smallest absolute Gasteiger partial charge is 0.262 e. The van der Waals surface area contributed by atoms with Gasteiger partial charge in [0.1, 0.15) is 0 Å². The second-order valence-electron chi connectivity index (χ2n) is 6.23. The van der Waals surface area contributed by atoms with Crippen LogP contribution in [0.4, 0.5) is 0 Å². The van der Waals surface area contributed by atoms with E-state index in [0.29, 0.717) is 21.6 Å². The van der Waals surface area contributed by atoms with Crippen molar-refractivity contribution in [2.45, 2.75) is 24.0 Å². The van der Waals surface area contributed by atoms with Gasteiger partial charge in [0.25, 0.3) is 5.56 Å². The Hall–Kier alpha value is -2.80. The Bertz CT molecular complexity index is 1070. The highest BCUT2D eigenvalue weighted by Gasteiger charge is 2.28. The molecule has 0 radical (unpaired) electrons. The van der Waals surface area contributed by atoms with Crippen molar-refractivity contribution in [3.8, 4) is 11.5 Å². The fraction of sp³-hybridized carbons (Fsp3) is 0.211. The van der Waals surface area contributed by atoms with Crippen LogP contribution in [0.2, 0.25) is 0 Å². The van der Waals surface area contributed by atoms with Gasteiger partial charge in [0.2, 0.25) is 0 Å². The monoisotopic (exact) mass is 368 g/mol. The van der Waals surface area contributed by atoms with E-state index < -0.39 is 0 Å². The summed E-state index contributed by atoms with van der Waals surface area (Å²) in [6.45, 7) is 0. The molecule has 26 heavy (non-hydrogen) atoms. The number of rotatable bonds is 5. The number of Topliss-reactive ketones (excluding diaryl/α,β-unsaturated/α-hetero) is 1. The highest BCUT2D eigenvalue weighted by molar-refractivity contribution is 7.99. The van der Waals surface area contributed by atoms with Crippen molar-refractivity contribution < 1.29 is 15.0 Å². The molecule has 0 amide bonds. The van der Waals surface area contributed by atoms with Gasteiger partial charge in [0.15, 0.2) is 22.4 Å². The zero-order valence-electron chi connectivity index (χ0n) is 13.8. The zero-order chi connectivity index (χ0) is 18.3. The lowest BCUT2D eigenvalue weighted by atomic mass is 10.1. The van der Waals surface area contributed by atoms with E-state index >= 15 is 0 Å². The molecule has 1 heterocycles. The topological polar surface area (TPSA) is 92.4 Å². The first-order valence-electron chi connectivity index (χ1n) is 8.24. The van der Waals surface area contributed by atoms with Crippen LogP contribution in [0.5, 0.6) is 11.5 Å². The third-order valence-electron chi connectivity index (χ3n) is 4.32. The fourth-order valence-corrected chi connectivity index (χ4v) is 3.75. The molecule has 0 atom stereocenters. The lowest BCUT2D eigenvalue weighted by molar-refractivity contribution is 0.102. The Labute approximate surface area is 153 Å². The van der Waals surface area contributed by atoms with Gasteiger partial charge in [-0.2, -0.15) is 0 Å². The average molecular weight is 368 g/mol. The molecule has 1 saturated carbocycles. The molecular weight excluding hydrogens is 352 g/mol. The number of carbonyl (C=O) groups is 1. The fourth-order valence-electron chi connectivity index (χ4n) is 2.79. The molecule has 1 fully saturated rings. The van der Waals surface area contributed by atoms with Crippen LogP contribution >= 0.6 is 11.8 Å². The Morgan fingerprint density at radius 1 is 1.15 bits per heavy atom. The van der Waals surface area contributed by atoms with Crippen LogP contribution in [0.15, 0.2) is 52.4 Å². The predicted octanol–water partition coefficient (Wildman–Crippen LogP) is 3.12. The summed E-state index contributed by atoms with van der Waals surface area (Å²) in [5.41, 5.74) is 0.843. The van der Waals surface area contributed by atoms with Gasteiger partial charge in [-0.15, -0.1) is 0 Å². The van der Waals surface area contributed by atoms with E-state index in [1.54, 1.807) is 16.7 Å². The molecule has 2 N–H and O–H groups in total. The molecule has 0 spiro atoms. The normalized spacial score (nSPS) is 13.8. The number of hydrogen-bond acceptors (Lipinski definition) is 6. The Morgan fingerprint density at radius 3 is 2.65 bits per heavy atom. The van der Waals surface area contributed by atoms with E-state index in [1.807, 2.05) is 12.1 Å². The van der Waals surface area contributed by atoms with Crippen LogP contribution in [-0.4, -0.2) is 31.3 Å². The number of hydrogen-bond donors (Lipinski definition) is 2. The lowest BCUT2D eigenvalue weighted by Gasteiger charge is -2.12. The summed E-state index contributed by atoms with van der Waals surface area (Å²) >= 11 is 1.22. The molecule has 6 nitrogen and oxygen atoms in total. The first-order chi connectivity index (χ1) is 12.5. The van der Waals surface area contributed by atoms with E-state index in [0.717, 1.165) is 12.8 Å². The Kier molecular flexibility index (Phi) is 4.16. The number of phenols is 2. The van der Waals surface area contributed by atoms with Crippen LogP contribution in [0, 0.1) is 0 Å². The van der Waals surface area contributed by atoms with Crippen molar-refractivity contribution in [1.82, 2.24) is 9.55 Å². The molecule has 3 aromatic rings. The number of aromatic hydroxyl groups is 2. The Balaban J connectivity index is 1.64. The van der Waals surface area contributed by atoms with Crippen molar-refractivity contribution in [3.05, 3.63) is 58.4 Å². The SMILES string of the molecule is O=C(CSc1nc2ccccc2c(=O)n1C1CC1)c1ccc(O)c(O)c1. The molecular formula is C19H16N2O4S. The van der Waals surface area contributed by atoms with Gasteiger partial charge < -0.3 is 10.2 Å². The number of aromatic nitrogens is 2. The van der Waals surface area contributed by atoms with Crippen LogP contribution in [0.3, 0.4) is 0 Å². The first-order valence-corrected chi connectivity index (χ1v) is 9.22. The maximum Gasteiger partial charge on any atom is 0.262 e. The zero-order valence-corrected chi connectivity index (χ0v) is 14.6. The number of benzene rings is 2. The highest BCUT2D eigenvalue weighted by atomic mass is 32.2. The quantitative estimate of drug-likeness (QED) is 0.311. The molecule has 1 aromatic heterocycles. The van der Waals surface area contributed by atoms with E-state index in [4.69, 9.17) is 0 Å². The number of thioether (sulfide) groups is 1.